The van der Waals surface area contributed by atoms with Crippen LogP contribution in [0.5, 0.6) is 0 Å². The fraction of sp³-hybridized carbons (Fsp3) is 0.316. The summed E-state index contributed by atoms with van der Waals surface area (Å²) in [5.74, 6) is -1.71. The van der Waals surface area contributed by atoms with Crippen molar-refractivity contribution in [2.24, 2.45) is 11.7 Å². The Morgan fingerprint density at radius 2 is 1.96 bits per heavy atom. The van der Waals surface area contributed by atoms with E-state index in [-0.39, 0.29) is 23.3 Å². The van der Waals surface area contributed by atoms with Crippen LogP contribution in [0.25, 0.3) is 0 Å². The summed E-state index contributed by atoms with van der Waals surface area (Å²) in [6.07, 6.45) is 4.66. The number of pyridine rings is 2. The standard InChI is InChI=1S/C19H22N6O3/c1-11-4-6-14(12-5-7-15(20)23-9-12)25(10-11)19(28)18(27)24-17-13(16(21)26)3-2-8-22-17/h2-3,5,7-9,11,14H,4,6,10H2,1H3,(H2,20,23)(H2,21,26)(H,22,24,27)/t11-,14+/m1/s1. The molecule has 3 heterocycles. The van der Waals surface area contributed by atoms with Gasteiger partial charge in [-0.1, -0.05) is 13.0 Å². The van der Waals surface area contributed by atoms with Crippen LogP contribution in [0.15, 0.2) is 36.7 Å². The highest BCUT2D eigenvalue weighted by atomic mass is 16.2. The topological polar surface area (TPSA) is 144 Å². The van der Waals surface area contributed by atoms with Crippen LogP contribution < -0.4 is 16.8 Å². The molecule has 0 aliphatic carbocycles. The Balaban J connectivity index is 1.82. The molecule has 1 saturated heterocycles. The van der Waals surface area contributed by atoms with Crippen LogP contribution in [0.4, 0.5) is 11.6 Å². The van der Waals surface area contributed by atoms with Gasteiger partial charge in [-0.15, -0.1) is 0 Å². The van der Waals surface area contributed by atoms with Crippen molar-refractivity contribution < 1.29 is 14.4 Å². The summed E-state index contributed by atoms with van der Waals surface area (Å²) in [5.41, 5.74) is 11.8. The summed E-state index contributed by atoms with van der Waals surface area (Å²) in [7, 11) is 0. The summed E-state index contributed by atoms with van der Waals surface area (Å²) in [6.45, 7) is 2.46. The van der Waals surface area contributed by atoms with E-state index in [4.69, 9.17) is 11.5 Å². The van der Waals surface area contributed by atoms with Crippen molar-refractivity contribution >= 4 is 29.4 Å². The zero-order valence-electron chi connectivity index (χ0n) is 15.5. The van der Waals surface area contributed by atoms with Gasteiger partial charge in [-0.2, -0.15) is 0 Å². The first-order chi connectivity index (χ1) is 13.4. The number of rotatable bonds is 3. The smallest absolute Gasteiger partial charge is 0.315 e. The van der Waals surface area contributed by atoms with E-state index < -0.39 is 17.7 Å². The molecular formula is C19H22N6O3. The minimum absolute atomic E-state index is 0.0370. The maximum Gasteiger partial charge on any atom is 0.315 e. The number of aromatic nitrogens is 2. The molecule has 1 aliphatic heterocycles. The number of carbonyl (C=O) groups excluding carboxylic acids is 3. The van der Waals surface area contributed by atoms with Gasteiger partial charge in [-0.3, -0.25) is 14.4 Å². The van der Waals surface area contributed by atoms with Crippen LogP contribution in [-0.4, -0.2) is 39.1 Å². The van der Waals surface area contributed by atoms with Gasteiger partial charge in [-0.25, -0.2) is 9.97 Å². The second kappa shape index (κ2) is 8.03. The van der Waals surface area contributed by atoms with E-state index >= 15 is 0 Å². The van der Waals surface area contributed by atoms with Crippen molar-refractivity contribution in [3.05, 3.63) is 47.8 Å². The molecule has 0 saturated carbocycles. The van der Waals surface area contributed by atoms with Crippen molar-refractivity contribution in [2.75, 3.05) is 17.6 Å². The molecule has 28 heavy (non-hydrogen) atoms. The molecule has 146 valence electrons. The number of nitrogens with zero attached hydrogens (tertiary/aromatic N) is 3. The number of carbonyl (C=O) groups is 3. The highest BCUT2D eigenvalue weighted by Crippen LogP contribution is 2.33. The summed E-state index contributed by atoms with van der Waals surface area (Å²) in [6, 6.07) is 6.16. The molecule has 2 atom stereocenters. The first-order valence-corrected chi connectivity index (χ1v) is 8.95. The maximum atomic E-state index is 12.9. The molecular weight excluding hydrogens is 360 g/mol. The first kappa shape index (κ1) is 19.3. The van der Waals surface area contributed by atoms with Crippen LogP contribution in [0.1, 0.15) is 41.7 Å². The minimum Gasteiger partial charge on any atom is -0.384 e. The predicted molar refractivity (Wildman–Crippen MR) is 103 cm³/mol. The number of hydrogen-bond donors (Lipinski definition) is 3. The number of hydrogen-bond acceptors (Lipinski definition) is 6. The zero-order valence-corrected chi connectivity index (χ0v) is 15.5. The normalized spacial score (nSPS) is 19.1. The number of anilines is 2. The van der Waals surface area contributed by atoms with Crippen molar-refractivity contribution in [2.45, 2.75) is 25.8 Å². The number of piperidine rings is 1. The van der Waals surface area contributed by atoms with Crippen LogP contribution >= 0.6 is 0 Å². The van der Waals surface area contributed by atoms with Crippen LogP contribution in [0.2, 0.25) is 0 Å². The Hall–Kier alpha value is -3.49. The molecule has 3 amide bonds. The van der Waals surface area contributed by atoms with E-state index in [1.807, 2.05) is 13.0 Å². The van der Waals surface area contributed by atoms with Crippen molar-refractivity contribution in [3.8, 4) is 0 Å². The molecule has 5 N–H and O–H groups in total. The number of nitrogens with two attached hydrogens (primary N) is 2. The molecule has 2 aromatic heterocycles. The van der Waals surface area contributed by atoms with Crippen molar-refractivity contribution in [1.82, 2.24) is 14.9 Å². The highest BCUT2D eigenvalue weighted by Gasteiger charge is 2.34. The molecule has 1 fully saturated rings. The Labute approximate surface area is 162 Å². The lowest BCUT2D eigenvalue weighted by Crippen LogP contribution is -2.46. The second-order valence-corrected chi connectivity index (χ2v) is 6.89. The SMILES string of the molecule is C[C@@H]1CC[C@@H](c2ccc(N)nc2)N(C(=O)C(=O)Nc2ncccc2C(N)=O)C1. The van der Waals surface area contributed by atoms with Gasteiger partial charge in [0.15, 0.2) is 0 Å². The molecule has 0 radical (unpaired) electrons. The Bertz CT molecular complexity index is 899. The summed E-state index contributed by atoms with van der Waals surface area (Å²) in [5, 5.41) is 2.41. The maximum absolute atomic E-state index is 12.9. The summed E-state index contributed by atoms with van der Waals surface area (Å²) < 4.78 is 0. The average molecular weight is 382 g/mol. The Kier molecular flexibility index (Phi) is 5.53. The van der Waals surface area contributed by atoms with Gasteiger partial charge in [0, 0.05) is 18.9 Å². The molecule has 2 aromatic rings. The zero-order chi connectivity index (χ0) is 20.3. The van der Waals surface area contributed by atoms with Gasteiger partial charge in [0.05, 0.1) is 11.6 Å². The van der Waals surface area contributed by atoms with Crippen molar-refractivity contribution in [3.63, 3.8) is 0 Å². The largest absolute Gasteiger partial charge is 0.384 e. The second-order valence-electron chi connectivity index (χ2n) is 6.89. The van der Waals surface area contributed by atoms with Gasteiger partial charge in [0.2, 0.25) is 0 Å². The lowest BCUT2D eigenvalue weighted by atomic mass is 9.90. The van der Waals surface area contributed by atoms with E-state index in [0.29, 0.717) is 18.8 Å². The van der Waals surface area contributed by atoms with Gasteiger partial charge < -0.3 is 21.7 Å². The van der Waals surface area contributed by atoms with Crippen LogP contribution in [0, 0.1) is 5.92 Å². The lowest BCUT2D eigenvalue weighted by molar-refractivity contribution is -0.146. The fourth-order valence-electron chi connectivity index (χ4n) is 3.33. The number of likely N-dealkylation sites (tertiary alicyclic amines) is 1. The molecule has 9 nitrogen and oxygen atoms in total. The third-order valence-corrected chi connectivity index (χ3v) is 4.77. The lowest BCUT2D eigenvalue weighted by Gasteiger charge is -2.38. The van der Waals surface area contributed by atoms with Gasteiger partial charge in [-0.05, 0) is 42.5 Å². The molecule has 0 aromatic carbocycles. The quantitative estimate of drug-likeness (QED) is 0.678. The fourth-order valence-corrected chi connectivity index (χ4v) is 3.33. The van der Waals surface area contributed by atoms with E-state index in [2.05, 4.69) is 15.3 Å². The number of amides is 3. The molecule has 0 spiro atoms. The van der Waals surface area contributed by atoms with E-state index in [1.54, 1.807) is 12.3 Å². The summed E-state index contributed by atoms with van der Waals surface area (Å²) >= 11 is 0. The van der Waals surface area contributed by atoms with Gasteiger partial charge in [0.25, 0.3) is 5.91 Å². The number of nitrogens with one attached hydrogen (secondary N) is 1. The van der Waals surface area contributed by atoms with E-state index in [9.17, 15) is 14.4 Å². The average Bonchev–Trinajstić information content (AvgIpc) is 2.68. The first-order valence-electron chi connectivity index (χ1n) is 8.95. The summed E-state index contributed by atoms with van der Waals surface area (Å²) in [4.78, 5) is 46.6. The molecule has 0 bridgehead atoms. The molecule has 3 rings (SSSR count). The molecule has 0 unspecified atom stereocenters. The third kappa shape index (κ3) is 4.08. The highest BCUT2D eigenvalue weighted by molar-refractivity contribution is 6.39. The molecule has 1 aliphatic rings. The van der Waals surface area contributed by atoms with Crippen molar-refractivity contribution in [1.29, 1.82) is 0 Å². The molecule has 9 heteroatoms. The predicted octanol–water partition coefficient (Wildman–Crippen LogP) is 1.10. The Morgan fingerprint density at radius 1 is 1.18 bits per heavy atom. The minimum atomic E-state index is -0.872. The number of nitrogen functional groups attached to an aromatic ring is 1. The number of primary amides is 1. The van der Waals surface area contributed by atoms with E-state index in [1.165, 1.54) is 23.2 Å². The van der Waals surface area contributed by atoms with Gasteiger partial charge in [0.1, 0.15) is 11.6 Å². The third-order valence-electron chi connectivity index (χ3n) is 4.77. The van der Waals surface area contributed by atoms with Crippen LogP contribution in [-0.2, 0) is 9.59 Å². The van der Waals surface area contributed by atoms with Crippen LogP contribution in [0.3, 0.4) is 0 Å². The van der Waals surface area contributed by atoms with Gasteiger partial charge >= 0.3 is 11.8 Å². The Morgan fingerprint density at radius 3 is 2.64 bits per heavy atom. The monoisotopic (exact) mass is 382 g/mol. The van der Waals surface area contributed by atoms with E-state index in [0.717, 1.165) is 12.0 Å².